The van der Waals surface area contributed by atoms with Gasteiger partial charge in [-0.15, -0.1) is 0 Å². The highest BCUT2D eigenvalue weighted by Gasteiger charge is 2.12. The molecule has 0 fully saturated rings. The molecular weight excluding hydrogens is 310 g/mol. The third-order valence-electron chi connectivity index (χ3n) is 3.66. The first-order valence-electron chi connectivity index (χ1n) is 8.18. The van der Waals surface area contributed by atoms with Crippen molar-refractivity contribution in [3.05, 3.63) is 35.4 Å². The summed E-state index contributed by atoms with van der Waals surface area (Å²) in [5.74, 6) is -0.835. The molecule has 24 heavy (non-hydrogen) atoms. The van der Waals surface area contributed by atoms with E-state index < -0.39 is 5.97 Å². The number of carbonyl (C=O) groups excluding carboxylic acids is 3. The van der Waals surface area contributed by atoms with Gasteiger partial charge in [-0.05, 0) is 43.4 Å². The van der Waals surface area contributed by atoms with E-state index in [1.54, 1.807) is 19.1 Å². The molecule has 0 aliphatic heterocycles. The van der Waals surface area contributed by atoms with E-state index in [-0.39, 0.29) is 11.9 Å². The topological polar surface area (TPSA) is 81.7 Å². The minimum absolute atomic E-state index is 0.298. The third kappa shape index (κ3) is 7.26. The average molecular weight is 335 g/mol. The summed E-state index contributed by atoms with van der Waals surface area (Å²) in [6.45, 7) is 5.43. The SMILES string of the molecule is CCOC(=O)c1ccc(CC(CC)CCC(=O)NOC(C)=O)cc1. The molecule has 0 saturated carbocycles. The lowest BCUT2D eigenvalue weighted by molar-refractivity contribution is -0.156. The fraction of sp³-hybridized carbons (Fsp3) is 0.500. The largest absolute Gasteiger partial charge is 0.462 e. The van der Waals surface area contributed by atoms with Crippen LogP contribution >= 0.6 is 0 Å². The van der Waals surface area contributed by atoms with Gasteiger partial charge in [0.05, 0.1) is 12.2 Å². The molecule has 0 saturated heterocycles. The second-order valence-corrected chi connectivity index (χ2v) is 5.55. The number of rotatable bonds is 8. The van der Waals surface area contributed by atoms with E-state index in [2.05, 4.69) is 17.2 Å². The van der Waals surface area contributed by atoms with Crippen molar-refractivity contribution in [3.8, 4) is 0 Å². The van der Waals surface area contributed by atoms with Crippen LogP contribution in [-0.2, 0) is 25.6 Å². The van der Waals surface area contributed by atoms with E-state index >= 15 is 0 Å². The molecule has 1 aromatic rings. The lowest BCUT2D eigenvalue weighted by Crippen LogP contribution is -2.26. The van der Waals surface area contributed by atoms with Crippen LogP contribution in [-0.4, -0.2) is 24.5 Å². The number of ether oxygens (including phenoxy) is 1. The van der Waals surface area contributed by atoms with Crippen molar-refractivity contribution in [2.24, 2.45) is 5.92 Å². The molecule has 0 aliphatic carbocycles. The lowest BCUT2D eigenvalue weighted by atomic mass is 9.92. The van der Waals surface area contributed by atoms with E-state index in [1.165, 1.54) is 6.92 Å². The lowest BCUT2D eigenvalue weighted by Gasteiger charge is -2.15. The zero-order valence-electron chi connectivity index (χ0n) is 14.5. The van der Waals surface area contributed by atoms with E-state index in [1.807, 2.05) is 12.1 Å². The quantitative estimate of drug-likeness (QED) is 0.583. The van der Waals surface area contributed by atoms with Crippen LogP contribution in [0, 0.1) is 5.92 Å². The van der Waals surface area contributed by atoms with Crippen LogP contribution in [0.2, 0.25) is 0 Å². The first-order valence-corrected chi connectivity index (χ1v) is 8.18. The summed E-state index contributed by atoms with van der Waals surface area (Å²) < 4.78 is 4.96. The maximum atomic E-state index is 11.6. The van der Waals surface area contributed by atoms with Crippen LogP contribution in [0.1, 0.15) is 56.0 Å². The summed E-state index contributed by atoms with van der Waals surface area (Å²) in [5.41, 5.74) is 3.76. The number of esters is 1. The number of hydroxylamine groups is 1. The molecule has 6 nitrogen and oxygen atoms in total. The number of hydrogen-bond acceptors (Lipinski definition) is 5. The van der Waals surface area contributed by atoms with Crippen LogP contribution in [0.25, 0.3) is 0 Å². The second kappa shape index (κ2) is 10.4. The van der Waals surface area contributed by atoms with Gasteiger partial charge in [0.2, 0.25) is 0 Å². The standard InChI is InChI=1S/C18H25NO5/c1-4-14(8-11-17(21)19-24-13(3)20)12-15-6-9-16(10-7-15)18(22)23-5-2/h6-7,9-10,14H,4-5,8,11-12H2,1-3H3,(H,19,21). The van der Waals surface area contributed by atoms with Crippen LogP contribution in [0.5, 0.6) is 0 Å². The molecule has 0 heterocycles. The van der Waals surface area contributed by atoms with Gasteiger partial charge in [0, 0.05) is 13.3 Å². The predicted octanol–water partition coefficient (Wildman–Crippen LogP) is 2.81. The van der Waals surface area contributed by atoms with E-state index in [0.29, 0.717) is 30.9 Å². The molecule has 1 aromatic carbocycles. The highest BCUT2D eigenvalue weighted by Crippen LogP contribution is 2.18. The molecule has 0 bridgehead atoms. The van der Waals surface area contributed by atoms with Crippen LogP contribution in [0.3, 0.4) is 0 Å². The Morgan fingerprint density at radius 1 is 1.12 bits per heavy atom. The maximum Gasteiger partial charge on any atom is 0.338 e. The third-order valence-corrected chi connectivity index (χ3v) is 3.66. The molecule has 6 heteroatoms. The van der Waals surface area contributed by atoms with Crippen molar-refractivity contribution in [2.45, 2.75) is 46.5 Å². The maximum absolute atomic E-state index is 11.6. The van der Waals surface area contributed by atoms with Crippen LogP contribution in [0.4, 0.5) is 0 Å². The summed E-state index contributed by atoms with van der Waals surface area (Å²) in [7, 11) is 0. The molecule has 1 rings (SSSR count). The number of carbonyl (C=O) groups is 3. The Morgan fingerprint density at radius 3 is 2.33 bits per heavy atom. The van der Waals surface area contributed by atoms with E-state index in [9.17, 15) is 14.4 Å². The Balaban J connectivity index is 2.48. The fourth-order valence-corrected chi connectivity index (χ4v) is 2.29. The second-order valence-electron chi connectivity index (χ2n) is 5.55. The van der Waals surface area contributed by atoms with Crippen molar-refractivity contribution in [1.29, 1.82) is 0 Å². The zero-order valence-corrected chi connectivity index (χ0v) is 14.5. The van der Waals surface area contributed by atoms with Crippen molar-refractivity contribution in [3.63, 3.8) is 0 Å². The zero-order chi connectivity index (χ0) is 17.9. The number of hydrogen-bond donors (Lipinski definition) is 1. The average Bonchev–Trinajstić information content (AvgIpc) is 2.57. The van der Waals surface area contributed by atoms with Gasteiger partial charge in [0.1, 0.15) is 0 Å². The van der Waals surface area contributed by atoms with Crippen LogP contribution < -0.4 is 5.48 Å². The van der Waals surface area contributed by atoms with Gasteiger partial charge in [-0.2, -0.15) is 5.48 Å². The summed E-state index contributed by atoms with van der Waals surface area (Å²) in [4.78, 5) is 38.3. The van der Waals surface area contributed by atoms with Crippen molar-refractivity contribution in [2.75, 3.05) is 6.61 Å². The molecule has 1 N–H and O–H groups in total. The van der Waals surface area contributed by atoms with Crippen molar-refractivity contribution >= 4 is 17.8 Å². The van der Waals surface area contributed by atoms with Gasteiger partial charge < -0.3 is 9.57 Å². The summed E-state index contributed by atoms with van der Waals surface area (Å²) in [6, 6.07) is 7.34. The molecule has 0 spiro atoms. The minimum Gasteiger partial charge on any atom is -0.462 e. The Morgan fingerprint density at radius 2 is 1.79 bits per heavy atom. The predicted molar refractivity (Wildman–Crippen MR) is 89.0 cm³/mol. The molecule has 1 unspecified atom stereocenters. The molecule has 0 radical (unpaired) electrons. The van der Waals surface area contributed by atoms with Gasteiger partial charge in [0.15, 0.2) is 0 Å². The van der Waals surface area contributed by atoms with Gasteiger partial charge in [0.25, 0.3) is 5.91 Å². The Bertz CT molecular complexity index is 553. The molecule has 132 valence electrons. The smallest absolute Gasteiger partial charge is 0.338 e. The Labute approximate surface area is 142 Å². The van der Waals surface area contributed by atoms with Crippen molar-refractivity contribution in [1.82, 2.24) is 5.48 Å². The normalized spacial score (nSPS) is 11.5. The first-order chi connectivity index (χ1) is 11.5. The van der Waals surface area contributed by atoms with Gasteiger partial charge in [-0.25, -0.2) is 4.79 Å². The fourth-order valence-electron chi connectivity index (χ4n) is 2.29. The molecule has 0 aromatic heterocycles. The summed E-state index contributed by atoms with van der Waals surface area (Å²) in [6.07, 6.45) is 2.75. The Kier molecular flexibility index (Phi) is 8.54. The number of nitrogens with one attached hydrogen (secondary N) is 1. The molecule has 1 atom stereocenters. The Hall–Kier alpha value is -2.37. The first kappa shape index (κ1) is 19.7. The minimum atomic E-state index is -0.544. The van der Waals surface area contributed by atoms with Crippen LogP contribution in [0.15, 0.2) is 24.3 Å². The monoisotopic (exact) mass is 335 g/mol. The highest BCUT2D eigenvalue weighted by molar-refractivity contribution is 5.89. The summed E-state index contributed by atoms with van der Waals surface area (Å²) in [5, 5.41) is 0. The molecule has 0 aliphatic rings. The van der Waals surface area contributed by atoms with E-state index in [4.69, 9.17) is 4.74 Å². The molecular formula is C18H25NO5. The summed E-state index contributed by atoms with van der Waals surface area (Å²) >= 11 is 0. The van der Waals surface area contributed by atoms with Gasteiger partial charge in [-0.3, -0.25) is 9.59 Å². The number of benzene rings is 1. The number of amides is 1. The van der Waals surface area contributed by atoms with Crippen molar-refractivity contribution < 1.29 is 24.0 Å². The van der Waals surface area contributed by atoms with Gasteiger partial charge in [-0.1, -0.05) is 25.5 Å². The van der Waals surface area contributed by atoms with E-state index in [0.717, 1.165) is 18.4 Å². The highest BCUT2D eigenvalue weighted by atomic mass is 16.7. The van der Waals surface area contributed by atoms with Gasteiger partial charge >= 0.3 is 11.9 Å². The molecule has 1 amide bonds.